The van der Waals surface area contributed by atoms with E-state index in [9.17, 15) is 17.6 Å². The number of nitrogens with zero attached hydrogens (tertiary/aromatic N) is 2. The van der Waals surface area contributed by atoms with Gasteiger partial charge in [-0.1, -0.05) is 23.4 Å². The van der Waals surface area contributed by atoms with Gasteiger partial charge < -0.3 is 9.84 Å². The number of hydrogen-bond acceptors (Lipinski definition) is 7. The summed E-state index contributed by atoms with van der Waals surface area (Å²) in [4.78, 5) is 16.6. The zero-order chi connectivity index (χ0) is 23.4. The molecule has 2 aromatic heterocycles. The van der Waals surface area contributed by atoms with Crippen molar-refractivity contribution >= 4 is 38.6 Å². The quantitative estimate of drug-likeness (QED) is 0.376. The maximum Gasteiger partial charge on any atom is 0.262 e. The SMILES string of the molecule is Cc1ccc(NC(=O)CCc2nc(-c3ccsc3)no2)cc1S(=O)(=O)Nc1ccccc1F. The highest BCUT2D eigenvalue weighted by atomic mass is 32.2. The van der Waals surface area contributed by atoms with Crippen LogP contribution >= 0.6 is 11.3 Å². The molecule has 1 amide bonds. The molecule has 170 valence electrons. The van der Waals surface area contributed by atoms with Crippen LogP contribution < -0.4 is 10.0 Å². The molecule has 4 rings (SSSR count). The first-order chi connectivity index (χ1) is 15.8. The smallest absolute Gasteiger partial charge is 0.262 e. The van der Waals surface area contributed by atoms with Crippen LogP contribution in [0.1, 0.15) is 17.9 Å². The third-order valence-electron chi connectivity index (χ3n) is 4.69. The van der Waals surface area contributed by atoms with E-state index in [1.807, 2.05) is 16.8 Å². The summed E-state index contributed by atoms with van der Waals surface area (Å²) >= 11 is 1.52. The van der Waals surface area contributed by atoms with E-state index >= 15 is 0 Å². The molecule has 0 spiro atoms. The molecule has 0 saturated carbocycles. The third-order valence-corrected chi connectivity index (χ3v) is 6.88. The average Bonchev–Trinajstić information content (AvgIpc) is 3.47. The molecule has 8 nitrogen and oxygen atoms in total. The van der Waals surface area contributed by atoms with Crippen molar-refractivity contribution < 1.29 is 22.1 Å². The molecule has 0 radical (unpaired) electrons. The predicted molar refractivity (Wildman–Crippen MR) is 123 cm³/mol. The number of para-hydroxylation sites is 1. The van der Waals surface area contributed by atoms with Crippen LogP contribution in [-0.2, 0) is 21.2 Å². The van der Waals surface area contributed by atoms with E-state index in [1.54, 1.807) is 19.1 Å². The van der Waals surface area contributed by atoms with Crippen LogP contribution in [0.3, 0.4) is 0 Å². The number of halogens is 1. The standard InChI is InChI=1S/C22H19FN4O4S2/c1-14-6-7-16(12-19(14)33(29,30)27-18-5-3-2-4-17(18)23)24-20(28)8-9-21-25-22(26-31-21)15-10-11-32-13-15/h2-7,10-13,27H,8-9H2,1H3,(H,24,28). The number of benzene rings is 2. The van der Waals surface area contributed by atoms with Crippen LogP contribution in [0.15, 0.2) is 68.7 Å². The van der Waals surface area contributed by atoms with E-state index in [0.717, 1.165) is 11.6 Å². The van der Waals surface area contributed by atoms with Gasteiger partial charge in [0.05, 0.1) is 10.6 Å². The lowest BCUT2D eigenvalue weighted by Gasteiger charge is -2.13. The predicted octanol–water partition coefficient (Wildman–Crippen LogP) is 4.62. The third kappa shape index (κ3) is 5.44. The largest absolute Gasteiger partial charge is 0.339 e. The molecule has 0 fully saturated rings. The molecule has 2 heterocycles. The number of sulfonamides is 1. The van der Waals surface area contributed by atoms with E-state index in [4.69, 9.17) is 4.52 Å². The van der Waals surface area contributed by atoms with E-state index in [1.165, 1.54) is 35.6 Å². The maximum absolute atomic E-state index is 13.9. The van der Waals surface area contributed by atoms with Gasteiger partial charge in [-0.05, 0) is 48.2 Å². The number of anilines is 2. The van der Waals surface area contributed by atoms with E-state index in [0.29, 0.717) is 23.0 Å². The summed E-state index contributed by atoms with van der Waals surface area (Å²) in [7, 11) is -4.07. The van der Waals surface area contributed by atoms with Gasteiger partial charge in [0.25, 0.3) is 10.0 Å². The molecule has 0 unspecified atom stereocenters. The van der Waals surface area contributed by atoms with Gasteiger partial charge in [-0.2, -0.15) is 16.3 Å². The van der Waals surface area contributed by atoms with Gasteiger partial charge in [-0.15, -0.1) is 0 Å². The molecular formula is C22H19FN4O4S2. The minimum atomic E-state index is -4.07. The number of aryl methyl sites for hydroxylation is 2. The highest BCUT2D eigenvalue weighted by molar-refractivity contribution is 7.92. The monoisotopic (exact) mass is 486 g/mol. The van der Waals surface area contributed by atoms with E-state index < -0.39 is 15.8 Å². The van der Waals surface area contributed by atoms with Crippen molar-refractivity contribution in [2.75, 3.05) is 10.0 Å². The number of nitrogens with one attached hydrogen (secondary N) is 2. The van der Waals surface area contributed by atoms with Crippen molar-refractivity contribution in [3.8, 4) is 11.4 Å². The maximum atomic E-state index is 13.9. The number of carbonyl (C=O) groups excluding carboxylic acids is 1. The summed E-state index contributed by atoms with van der Waals surface area (Å²) in [6, 6.07) is 11.8. The first-order valence-electron chi connectivity index (χ1n) is 9.85. The van der Waals surface area contributed by atoms with Crippen molar-refractivity contribution in [2.24, 2.45) is 0 Å². The normalized spacial score (nSPS) is 11.3. The molecular weight excluding hydrogens is 467 g/mol. The molecule has 0 aliphatic carbocycles. The van der Waals surface area contributed by atoms with Gasteiger partial charge in [0.1, 0.15) is 5.82 Å². The lowest BCUT2D eigenvalue weighted by Crippen LogP contribution is -2.17. The minimum absolute atomic E-state index is 0.0642. The Balaban J connectivity index is 1.42. The van der Waals surface area contributed by atoms with Crippen molar-refractivity contribution in [3.63, 3.8) is 0 Å². The van der Waals surface area contributed by atoms with Gasteiger partial charge in [0.15, 0.2) is 0 Å². The molecule has 4 aromatic rings. The number of hydrogen-bond donors (Lipinski definition) is 2. The van der Waals surface area contributed by atoms with Gasteiger partial charge in [0.2, 0.25) is 17.6 Å². The molecule has 0 aliphatic heterocycles. The molecule has 0 saturated heterocycles. The van der Waals surface area contributed by atoms with Gasteiger partial charge in [0, 0.05) is 29.5 Å². The van der Waals surface area contributed by atoms with Crippen molar-refractivity contribution in [1.82, 2.24) is 10.1 Å². The van der Waals surface area contributed by atoms with Crippen LogP contribution in [0.2, 0.25) is 0 Å². The molecule has 11 heteroatoms. The Bertz CT molecular complexity index is 1390. The average molecular weight is 487 g/mol. The highest BCUT2D eigenvalue weighted by Gasteiger charge is 2.20. The molecule has 0 bridgehead atoms. The topological polar surface area (TPSA) is 114 Å². The van der Waals surface area contributed by atoms with Crippen LogP contribution in [0.4, 0.5) is 15.8 Å². The second kappa shape index (κ2) is 9.51. The first-order valence-corrected chi connectivity index (χ1v) is 12.3. The Kier molecular flexibility index (Phi) is 6.52. The van der Waals surface area contributed by atoms with Crippen molar-refractivity contribution in [2.45, 2.75) is 24.7 Å². The number of aromatic nitrogens is 2. The minimum Gasteiger partial charge on any atom is -0.339 e. The number of rotatable bonds is 8. The summed E-state index contributed by atoms with van der Waals surface area (Å²) in [5.41, 5.74) is 1.43. The van der Waals surface area contributed by atoms with E-state index in [-0.39, 0.29) is 29.3 Å². The van der Waals surface area contributed by atoms with Crippen LogP contribution in [0, 0.1) is 12.7 Å². The zero-order valence-corrected chi connectivity index (χ0v) is 19.0. The lowest BCUT2D eigenvalue weighted by molar-refractivity contribution is -0.116. The fraction of sp³-hybridized carbons (Fsp3) is 0.136. The number of thiophene rings is 1. The van der Waals surface area contributed by atoms with Crippen molar-refractivity contribution in [1.29, 1.82) is 0 Å². The summed E-state index contributed by atoms with van der Waals surface area (Å²) in [6.45, 7) is 1.61. The number of amides is 1. The van der Waals surface area contributed by atoms with Crippen molar-refractivity contribution in [3.05, 3.63) is 76.6 Å². The molecule has 2 N–H and O–H groups in total. The Morgan fingerprint density at radius 2 is 2.00 bits per heavy atom. The Labute approximate surface area is 193 Å². The summed E-state index contributed by atoms with van der Waals surface area (Å²) in [5, 5.41) is 10.4. The first kappa shape index (κ1) is 22.6. The summed E-state index contributed by atoms with van der Waals surface area (Å²) < 4.78 is 46.9. The second-order valence-electron chi connectivity index (χ2n) is 7.14. The van der Waals surface area contributed by atoms with Gasteiger partial charge in [-0.25, -0.2) is 12.8 Å². The number of carbonyl (C=O) groups is 1. The highest BCUT2D eigenvalue weighted by Crippen LogP contribution is 2.24. The summed E-state index contributed by atoms with van der Waals surface area (Å²) in [6.07, 6.45) is 0.295. The Morgan fingerprint density at radius 1 is 1.18 bits per heavy atom. The molecule has 2 aromatic carbocycles. The van der Waals surface area contributed by atoms with Crippen LogP contribution in [0.5, 0.6) is 0 Å². The van der Waals surface area contributed by atoms with Gasteiger partial charge >= 0.3 is 0 Å². The molecule has 0 aliphatic rings. The Hall–Kier alpha value is -3.57. The second-order valence-corrected chi connectivity index (χ2v) is 9.57. The van der Waals surface area contributed by atoms with Crippen LogP contribution in [-0.4, -0.2) is 24.5 Å². The zero-order valence-electron chi connectivity index (χ0n) is 17.4. The Morgan fingerprint density at radius 3 is 2.76 bits per heavy atom. The summed E-state index contributed by atoms with van der Waals surface area (Å²) in [5.74, 6) is -0.249. The molecule has 0 atom stereocenters. The fourth-order valence-corrected chi connectivity index (χ4v) is 4.99. The van der Waals surface area contributed by atoms with E-state index in [2.05, 4.69) is 20.2 Å². The fourth-order valence-electron chi connectivity index (χ4n) is 3.02. The molecule has 33 heavy (non-hydrogen) atoms. The van der Waals surface area contributed by atoms with Crippen LogP contribution in [0.25, 0.3) is 11.4 Å². The lowest BCUT2D eigenvalue weighted by atomic mass is 10.2. The van der Waals surface area contributed by atoms with Gasteiger partial charge in [-0.3, -0.25) is 9.52 Å².